The van der Waals surface area contributed by atoms with E-state index in [1.165, 1.54) is 64.2 Å². The number of carbonyl (C=O) groups excluding carboxylic acids is 2. The van der Waals surface area contributed by atoms with Gasteiger partial charge in [-0.15, -0.1) is 0 Å². The minimum absolute atomic E-state index is 0.401. The highest BCUT2D eigenvalue weighted by Crippen LogP contribution is 2.33. The summed E-state index contributed by atoms with van der Waals surface area (Å²) in [6.07, 6.45) is 16.7. The number of amides is 1. The van der Waals surface area contributed by atoms with Crippen LogP contribution in [-0.2, 0) is 9.53 Å². The van der Waals surface area contributed by atoms with Crippen molar-refractivity contribution in [3.63, 3.8) is 0 Å². The lowest BCUT2D eigenvalue weighted by Crippen LogP contribution is -2.95. The van der Waals surface area contributed by atoms with Crippen LogP contribution in [0.3, 0.4) is 0 Å². The van der Waals surface area contributed by atoms with Gasteiger partial charge in [0.25, 0.3) is 0 Å². The summed E-state index contributed by atoms with van der Waals surface area (Å²) in [5.41, 5.74) is -0.625. The van der Waals surface area contributed by atoms with E-state index in [-0.39, 0.29) is 0 Å². The van der Waals surface area contributed by atoms with E-state index in [1.54, 1.807) is 20.8 Å². The van der Waals surface area contributed by atoms with Gasteiger partial charge in [0.15, 0.2) is 0 Å². The van der Waals surface area contributed by atoms with Gasteiger partial charge in [0.2, 0.25) is 0 Å². The molecule has 0 saturated heterocycles. The Kier molecular flexibility index (Phi) is 9.73. The van der Waals surface area contributed by atoms with Gasteiger partial charge in [0, 0.05) is 0 Å². The largest absolute Gasteiger partial charge is 0.548 e. The summed E-state index contributed by atoms with van der Waals surface area (Å²) < 4.78 is 4.98. The average Bonchev–Trinajstić information content (AvgIpc) is 3.46. The van der Waals surface area contributed by atoms with Crippen LogP contribution >= 0.6 is 0 Å². The van der Waals surface area contributed by atoms with Crippen LogP contribution in [0.4, 0.5) is 4.79 Å². The maximum absolute atomic E-state index is 11.4. The number of nitrogens with one attached hydrogen (secondary N) is 1. The molecule has 0 spiro atoms. The Bertz CT molecular complexity index is 485. The van der Waals surface area contributed by atoms with Crippen molar-refractivity contribution in [3.05, 3.63) is 0 Å². The first-order chi connectivity index (χ1) is 13.7. The van der Waals surface area contributed by atoms with E-state index in [4.69, 9.17) is 4.74 Å². The Morgan fingerprint density at radius 3 is 1.79 bits per heavy atom. The van der Waals surface area contributed by atoms with Crippen molar-refractivity contribution in [3.8, 4) is 0 Å². The quantitative estimate of drug-likeness (QED) is 0.704. The van der Waals surface area contributed by atoms with Gasteiger partial charge in [0.05, 0.1) is 24.1 Å². The van der Waals surface area contributed by atoms with E-state index in [2.05, 4.69) is 10.6 Å². The SMILES string of the molecule is C1CCC([NH2+]C2CCCCC2)CC1.CC(C)(C)OC(=O)N[C@H](CC1CC1)C(=O)[O-]. The summed E-state index contributed by atoms with van der Waals surface area (Å²) in [5, 5.41) is 15.8. The maximum Gasteiger partial charge on any atom is 0.408 e. The lowest BCUT2D eigenvalue weighted by Gasteiger charge is -2.27. The molecule has 0 radical (unpaired) electrons. The molecule has 3 saturated carbocycles. The molecule has 0 heterocycles. The van der Waals surface area contributed by atoms with Crippen molar-refractivity contribution in [1.82, 2.24) is 5.32 Å². The number of alkyl carbamates (subject to hydrolysis) is 1. The van der Waals surface area contributed by atoms with Crippen LogP contribution in [-0.4, -0.2) is 35.8 Å². The second-order valence-electron chi connectivity index (χ2n) is 10.2. The van der Waals surface area contributed by atoms with Gasteiger partial charge in [-0.3, -0.25) is 0 Å². The summed E-state index contributed by atoms with van der Waals surface area (Å²) in [4.78, 5) is 22.1. The van der Waals surface area contributed by atoms with Gasteiger partial charge in [-0.05, 0) is 84.5 Å². The van der Waals surface area contributed by atoms with Crippen molar-refractivity contribution in [1.29, 1.82) is 0 Å². The average molecular weight is 411 g/mol. The minimum Gasteiger partial charge on any atom is -0.548 e. The smallest absolute Gasteiger partial charge is 0.408 e. The number of carbonyl (C=O) groups is 2. The van der Waals surface area contributed by atoms with Crippen LogP contribution in [0.15, 0.2) is 0 Å². The first-order valence-electron chi connectivity index (χ1n) is 11.8. The van der Waals surface area contributed by atoms with E-state index < -0.39 is 23.7 Å². The molecule has 0 aromatic carbocycles. The van der Waals surface area contributed by atoms with Gasteiger partial charge in [-0.25, -0.2) is 4.79 Å². The molecule has 0 aromatic rings. The number of aliphatic carboxylic acids is 1. The predicted octanol–water partition coefficient (Wildman–Crippen LogP) is 2.64. The van der Waals surface area contributed by atoms with E-state index in [0.717, 1.165) is 24.9 Å². The number of hydrogen-bond donors (Lipinski definition) is 2. The van der Waals surface area contributed by atoms with Crippen LogP contribution in [0.1, 0.15) is 104 Å². The number of rotatable bonds is 6. The van der Waals surface area contributed by atoms with Crippen LogP contribution in [0, 0.1) is 5.92 Å². The van der Waals surface area contributed by atoms with Gasteiger partial charge in [-0.2, -0.15) is 0 Å². The Hall–Kier alpha value is -1.30. The minimum atomic E-state index is -1.25. The third-order valence-corrected chi connectivity index (χ3v) is 6.09. The lowest BCUT2D eigenvalue weighted by atomic mass is 9.91. The molecule has 0 aromatic heterocycles. The molecule has 3 aliphatic rings. The van der Waals surface area contributed by atoms with Crippen LogP contribution in [0.2, 0.25) is 0 Å². The first-order valence-corrected chi connectivity index (χ1v) is 11.8. The topological polar surface area (TPSA) is 95.1 Å². The molecule has 3 N–H and O–H groups in total. The molecule has 6 heteroatoms. The normalized spacial score (nSPS) is 22.2. The molecule has 1 amide bonds. The Labute approximate surface area is 176 Å². The fourth-order valence-electron chi connectivity index (χ4n) is 4.39. The Morgan fingerprint density at radius 2 is 1.41 bits per heavy atom. The molecule has 0 bridgehead atoms. The van der Waals surface area contributed by atoms with Gasteiger partial charge in [-0.1, -0.05) is 25.7 Å². The third kappa shape index (κ3) is 10.9. The molecule has 3 fully saturated rings. The van der Waals surface area contributed by atoms with E-state index in [0.29, 0.717) is 12.3 Å². The monoisotopic (exact) mass is 410 g/mol. The lowest BCUT2D eigenvalue weighted by molar-refractivity contribution is -0.725. The number of quaternary nitrogens is 1. The zero-order valence-electron chi connectivity index (χ0n) is 18.7. The zero-order chi connectivity index (χ0) is 21.3. The van der Waals surface area contributed by atoms with Crippen molar-refractivity contribution in [2.24, 2.45) is 5.92 Å². The highest BCUT2D eigenvalue weighted by molar-refractivity contribution is 5.78. The van der Waals surface area contributed by atoms with Crippen LogP contribution in [0.5, 0.6) is 0 Å². The molecule has 3 rings (SSSR count). The summed E-state index contributed by atoms with van der Waals surface area (Å²) in [5.74, 6) is -0.851. The summed E-state index contributed by atoms with van der Waals surface area (Å²) in [6, 6.07) is 1.05. The summed E-state index contributed by atoms with van der Waals surface area (Å²) in [7, 11) is 0. The van der Waals surface area contributed by atoms with Gasteiger partial charge in [0.1, 0.15) is 5.60 Å². The van der Waals surface area contributed by atoms with Crippen molar-refractivity contribution < 1.29 is 24.7 Å². The molecular weight excluding hydrogens is 368 g/mol. The predicted molar refractivity (Wildman–Crippen MR) is 111 cm³/mol. The zero-order valence-corrected chi connectivity index (χ0v) is 18.7. The summed E-state index contributed by atoms with van der Waals surface area (Å²) >= 11 is 0. The number of carboxylic acids is 1. The maximum atomic E-state index is 11.4. The van der Waals surface area contributed by atoms with Crippen LogP contribution < -0.4 is 15.7 Å². The molecule has 3 aliphatic carbocycles. The number of nitrogens with two attached hydrogens (primary N) is 1. The highest BCUT2D eigenvalue weighted by Gasteiger charge is 2.28. The number of ether oxygens (including phenoxy) is 1. The van der Waals surface area contributed by atoms with Crippen molar-refractivity contribution >= 4 is 12.1 Å². The third-order valence-electron chi connectivity index (χ3n) is 6.09. The molecule has 0 aliphatic heterocycles. The second-order valence-corrected chi connectivity index (χ2v) is 10.2. The number of hydrogen-bond acceptors (Lipinski definition) is 4. The molecule has 1 atom stereocenters. The van der Waals surface area contributed by atoms with E-state index >= 15 is 0 Å². The molecular formula is C23H42N2O4. The summed E-state index contributed by atoms with van der Waals surface area (Å²) in [6.45, 7) is 5.17. The fourth-order valence-corrected chi connectivity index (χ4v) is 4.39. The molecule has 168 valence electrons. The standard InChI is InChI=1S/C12H23N.C11H19NO4/c1-3-7-11(8-4-1)13-12-9-5-2-6-10-12;1-11(2,3)16-10(15)12-8(9(13)14)6-7-4-5-7/h11-13H,1-10H2;7-8H,4-6H2,1-3H3,(H,12,15)(H,13,14)/t;8-/m.1/s1. The molecule has 6 nitrogen and oxygen atoms in total. The Morgan fingerprint density at radius 1 is 0.931 bits per heavy atom. The van der Waals surface area contributed by atoms with Crippen molar-refractivity contribution in [2.75, 3.05) is 0 Å². The van der Waals surface area contributed by atoms with Crippen LogP contribution in [0.25, 0.3) is 0 Å². The highest BCUT2D eigenvalue weighted by atomic mass is 16.6. The van der Waals surface area contributed by atoms with Gasteiger partial charge >= 0.3 is 6.09 Å². The molecule has 29 heavy (non-hydrogen) atoms. The van der Waals surface area contributed by atoms with E-state index in [1.807, 2.05) is 0 Å². The van der Waals surface area contributed by atoms with Gasteiger partial charge < -0.3 is 25.3 Å². The number of carboxylic acid groups (broad SMARTS) is 1. The molecule has 0 unspecified atom stereocenters. The van der Waals surface area contributed by atoms with E-state index in [9.17, 15) is 14.7 Å². The first kappa shape index (κ1) is 24.0. The fraction of sp³-hybridized carbons (Fsp3) is 0.913. The Balaban J connectivity index is 0.000000211. The second kappa shape index (κ2) is 11.8. The van der Waals surface area contributed by atoms with Crippen molar-refractivity contribution in [2.45, 2.75) is 128 Å².